The molecule has 1 aliphatic carbocycles. The van der Waals surface area contributed by atoms with E-state index in [1.54, 1.807) is 12.4 Å². The largest absolute Gasteiger partial charge is 0.481 e. The van der Waals surface area contributed by atoms with Gasteiger partial charge in [0.25, 0.3) is 0 Å². The highest BCUT2D eigenvalue weighted by Crippen LogP contribution is 2.25. The summed E-state index contributed by atoms with van der Waals surface area (Å²) in [7, 11) is 0. The second kappa shape index (κ2) is 6.17. The molecule has 6 nitrogen and oxygen atoms in total. The molecule has 1 aromatic heterocycles. The summed E-state index contributed by atoms with van der Waals surface area (Å²) >= 11 is 0. The molecular weight excluding hydrogens is 246 g/mol. The van der Waals surface area contributed by atoms with Crippen LogP contribution in [-0.4, -0.2) is 28.1 Å². The molecule has 2 unspecified atom stereocenters. The smallest absolute Gasteiger partial charge is 0.315 e. The number of hydrogen-bond donors (Lipinski definition) is 3. The van der Waals surface area contributed by atoms with E-state index in [0.717, 1.165) is 18.4 Å². The molecule has 1 saturated carbocycles. The summed E-state index contributed by atoms with van der Waals surface area (Å²) in [4.78, 5) is 26.6. The van der Waals surface area contributed by atoms with Crippen LogP contribution >= 0.6 is 0 Å². The number of carboxylic acid groups (broad SMARTS) is 1. The second-order valence-electron chi connectivity index (χ2n) is 4.66. The van der Waals surface area contributed by atoms with Gasteiger partial charge in [-0.1, -0.05) is 6.42 Å². The van der Waals surface area contributed by atoms with Crippen molar-refractivity contribution in [2.24, 2.45) is 5.92 Å². The van der Waals surface area contributed by atoms with Gasteiger partial charge in [0.15, 0.2) is 0 Å². The van der Waals surface area contributed by atoms with Gasteiger partial charge >= 0.3 is 12.0 Å². The third-order valence-electron chi connectivity index (χ3n) is 3.35. The van der Waals surface area contributed by atoms with E-state index < -0.39 is 11.9 Å². The number of urea groups is 1. The number of carbonyl (C=O) groups excluding carboxylic acids is 1. The van der Waals surface area contributed by atoms with Gasteiger partial charge in [-0.15, -0.1) is 0 Å². The first kappa shape index (κ1) is 13.3. The zero-order valence-corrected chi connectivity index (χ0v) is 10.5. The highest BCUT2D eigenvalue weighted by Gasteiger charge is 2.33. The molecule has 0 radical (unpaired) electrons. The normalized spacial score (nSPS) is 21.9. The van der Waals surface area contributed by atoms with E-state index in [0.29, 0.717) is 13.0 Å². The minimum Gasteiger partial charge on any atom is -0.481 e. The summed E-state index contributed by atoms with van der Waals surface area (Å²) in [5.74, 6) is -1.30. The zero-order valence-electron chi connectivity index (χ0n) is 10.5. The standard InChI is InChI=1S/C13H17N3O3/c17-12(18)10-2-1-3-11(10)16-13(19)15-8-9-4-6-14-7-5-9/h4-7,10-11H,1-3,8H2,(H,17,18)(H2,15,16,19). The third-order valence-corrected chi connectivity index (χ3v) is 3.35. The lowest BCUT2D eigenvalue weighted by Gasteiger charge is -2.17. The molecule has 0 bridgehead atoms. The number of nitrogens with zero attached hydrogens (tertiary/aromatic N) is 1. The summed E-state index contributed by atoms with van der Waals surface area (Å²) in [6.07, 6.45) is 5.51. The van der Waals surface area contributed by atoms with Crippen LogP contribution in [0.25, 0.3) is 0 Å². The molecule has 2 atom stereocenters. The Morgan fingerprint density at radius 3 is 2.74 bits per heavy atom. The van der Waals surface area contributed by atoms with Crippen LogP contribution in [0.1, 0.15) is 24.8 Å². The molecule has 19 heavy (non-hydrogen) atoms. The molecule has 0 aromatic carbocycles. The van der Waals surface area contributed by atoms with Gasteiger partial charge in [-0.25, -0.2) is 4.79 Å². The number of aromatic nitrogens is 1. The monoisotopic (exact) mass is 263 g/mol. The molecule has 0 saturated heterocycles. The quantitative estimate of drug-likeness (QED) is 0.759. The lowest BCUT2D eigenvalue weighted by molar-refractivity contribution is -0.142. The highest BCUT2D eigenvalue weighted by molar-refractivity contribution is 5.77. The number of aliphatic carboxylic acids is 1. The van der Waals surface area contributed by atoms with Crippen LogP contribution in [0.4, 0.5) is 4.79 Å². The zero-order chi connectivity index (χ0) is 13.7. The number of hydrogen-bond acceptors (Lipinski definition) is 3. The van der Waals surface area contributed by atoms with Crippen LogP contribution < -0.4 is 10.6 Å². The van der Waals surface area contributed by atoms with Gasteiger partial charge in [0, 0.05) is 25.0 Å². The summed E-state index contributed by atoms with van der Waals surface area (Å²) in [5.41, 5.74) is 0.950. The average molecular weight is 263 g/mol. The molecule has 1 heterocycles. The van der Waals surface area contributed by atoms with Crippen molar-refractivity contribution in [3.05, 3.63) is 30.1 Å². The molecular formula is C13H17N3O3. The molecule has 102 valence electrons. The van der Waals surface area contributed by atoms with Crippen LogP contribution in [0.3, 0.4) is 0 Å². The van der Waals surface area contributed by atoms with Crippen molar-refractivity contribution >= 4 is 12.0 Å². The van der Waals surface area contributed by atoms with Gasteiger partial charge in [0.2, 0.25) is 0 Å². The predicted octanol–water partition coefficient (Wildman–Crippen LogP) is 1.13. The van der Waals surface area contributed by atoms with Gasteiger partial charge in [-0.05, 0) is 30.5 Å². The summed E-state index contributed by atoms with van der Waals surface area (Å²) in [6, 6.07) is 3.04. The van der Waals surface area contributed by atoms with E-state index in [9.17, 15) is 9.59 Å². The van der Waals surface area contributed by atoms with E-state index in [1.807, 2.05) is 12.1 Å². The Bertz CT molecular complexity index is 450. The number of carbonyl (C=O) groups is 2. The van der Waals surface area contributed by atoms with Crippen molar-refractivity contribution < 1.29 is 14.7 Å². The third kappa shape index (κ3) is 3.67. The van der Waals surface area contributed by atoms with Crippen LogP contribution in [0.5, 0.6) is 0 Å². The fraction of sp³-hybridized carbons (Fsp3) is 0.462. The summed E-state index contributed by atoms with van der Waals surface area (Å²) in [6.45, 7) is 0.402. The first-order valence-corrected chi connectivity index (χ1v) is 6.33. The summed E-state index contributed by atoms with van der Waals surface area (Å²) in [5, 5.41) is 14.5. The van der Waals surface area contributed by atoms with Gasteiger partial charge in [0.1, 0.15) is 0 Å². The SMILES string of the molecule is O=C(NCc1ccncc1)NC1CCCC1C(=O)O. The van der Waals surface area contributed by atoms with E-state index in [4.69, 9.17) is 5.11 Å². The average Bonchev–Trinajstić information content (AvgIpc) is 2.86. The van der Waals surface area contributed by atoms with Crippen molar-refractivity contribution in [2.75, 3.05) is 0 Å². The van der Waals surface area contributed by atoms with Crippen molar-refractivity contribution in [3.8, 4) is 0 Å². The molecule has 2 amide bonds. The Morgan fingerprint density at radius 1 is 1.32 bits per heavy atom. The fourth-order valence-electron chi connectivity index (χ4n) is 2.33. The number of pyridine rings is 1. The Hall–Kier alpha value is -2.11. The molecule has 2 rings (SSSR count). The summed E-state index contributed by atoms with van der Waals surface area (Å²) < 4.78 is 0. The highest BCUT2D eigenvalue weighted by atomic mass is 16.4. The topological polar surface area (TPSA) is 91.3 Å². The number of carboxylic acids is 1. The minimum absolute atomic E-state index is 0.269. The van der Waals surface area contributed by atoms with Crippen molar-refractivity contribution in [1.82, 2.24) is 15.6 Å². The van der Waals surface area contributed by atoms with Crippen LogP contribution in [0.2, 0.25) is 0 Å². The first-order valence-electron chi connectivity index (χ1n) is 6.33. The molecule has 0 spiro atoms. The molecule has 0 aliphatic heterocycles. The van der Waals surface area contributed by atoms with Crippen LogP contribution in [0, 0.1) is 5.92 Å². The maximum absolute atomic E-state index is 11.7. The van der Waals surface area contributed by atoms with Gasteiger partial charge in [-0.2, -0.15) is 0 Å². The molecule has 1 aliphatic rings. The van der Waals surface area contributed by atoms with E-state index in [1.165, 1.54) is 0 Å². The molecule has 6 heteroatoms. The number of amides is 2. The number of rotatable bonds is 4. The molecule has 1 fully saturated rings. The molecule has 1 aromatic rings. The first-order chi connectivity index (χ1) is 9.16. The van der Waals surface area contributed by atoms with Crippen LogP contribution in [-0.2, 0) is 11.3 Å². The van der Waals surface area contributed by atoms with E-state index >= 15 is 0 Å². The Kier molecular flexibility index (Phi) is 4.33. The van der Waals surface area contributed by atoms with Crippen molar-refractivity contribution in [3.63, 3.8) is 0 Å². The Morgan fingerprint density at radius 2 is 2.05 bits per heavy atom. The maximum atomic E-state index is 11.7. The minimum atomic E-state index is -0.836. The lowest BCUT2D eigenvalue weighted by atomic mass is 10.0. The second-order valence-corrected chi connectivity index (χ2v) is 4.66. The van der Waals surface area contributed by atoms with Gasteiger partial charge < -0.3 is 15.7 Å². The van der Waals surface area contributed by atoms with Gasteiger partial charge in [0.05, 0.1) is 5.92 Å². The lowest BCUT2D eigenvalue weighted by Crippen LogP contribution is -2.45. The maximum Gasteiger partial charge on any atom is 0.315 e. The van der Waals surface area contributed by atoms with Crippen LogP contribution in [0.15, 0.2) is 24.5 Å². The van der Waals surface area contributed by atoms with E-state index in [-0.39, 0.29) is 12.1 Å². The Labute approximate surface area is 111 Å². The van der Waals surface area contributed by atoms with Crippen molar-refractivity contribution in [1.29, 1.82) is 0 Å². The van der Waals surface area contributed by atoms with E-state index in [2.05, 4.69) is 15.6 Å². The van der Waals surface area contributed by atoms with Crippen molar-refractivity contribution in [2.45, 2.75) is 31.8 Å². The number of nitrogens with one attached hydrogen (secondary N) is 2. The van der Waals surface area contributed by atoms with Gasteiger partial charge in [-0.3, -0.25) is 9.78 Å². The predicted molar refractivity (Wildman–Crippen MR) is 68.4 cm³/mol. The Balaban J connectivity index is 1.80. The fourth-order valence-corrected chi connectivity index (χ4v) is 2.33. The molecule has 3 N–H and O–H groups in total.